The van der Waals surface area contributed by atoms with Crippen LogP contribution in [0.4, 0.5) is 0 Å². The van der Waals surface area contributed by atoms with Crippen molar-refractivity contribution >= 4 is 5.91 Å². The lowest BCUT2D eigenvalue weighted by molar-refractivity contribution is -0.0838. The van der Waals surface area contributed by atoms with Gasteiger partial charge in [-0.25, -0.2) is 0 Å². The first-order valence-electron chi connectivity index (χ1n) is 9.96. The first-order chi connectivity index (χ1) is 12.9. The molecule has 1 amide bonds. The Morgan fingerprint density at radius 1 is 1.30 bits per heavy atom. The Bertz CT molecular complexity index is 754. The molecular weight excluding hydrogens is 338 g/mol. The van der Waals surface area contributed by atoms with Crippen molar-refractivity contribution in [3.63, 3.8) is 0 Å². The van der Waals surface area contributed by atoms with Crippen molar-refractivity contribution in [2.75, 3.05) is 13.2 Å². The Labute approximate surface area is 161 Å². The van der Waals surface area contributed by atoms with Gasteiger partial charge in [0.2, 0.25) is 0 Å². The number of carbonyl (C=O) groups is 1. The van der Waals surface area contributed by atoms with Gasteiger partial charge in [0.25, 0.3) is 5.91 Å². The molecule has 1 fully saturated rings. The van der Waals surface area contributed by atoms with Crippen molar-refractivity contribution < 1.29 is 9.53 Å². The summed E-state index contributed by atoms with van der Waals surface area (Å²) < 4.78 is 5.96. The lowest BCUT2D eigenvalue weighted by Crippen LogP contribution is -2.45. The number of aromatic amines is 1. The summed E-state index contributed by atoms with van der Waals surface area (Å²) in [4.78, 5) is 12.5. The van der Waals surface area contributed by atoms with Crippen LogP contribution >= 0.6 is 0 Å². The molecule has 5 nitrogen and oxygen atoms in total. The van der Waals surface area contributed by atoms with E-state index in [4.69, 9.17) is 4.74 Å². The van der Waals surface area contributed by atoms with Crippen LogP contribution in [0.1, 0.15) is 68.2 Å². The maximum absolute atomic E-state index is 12.5. The molecule has 27 heavy (non-hydrogen) atoms. The second-order valence-corrected chi connectivity index (χ2v) is 8.22. The molecule has 3 rings (SSSR count). The van der Waals surface area contributed by atoms with Gasteiger partial charge in [0.05, 0.1) is 5.60 Å². The lowest BCUT2D eigenvalue weighted by Gasteiger charge is -2.45. The number of amides is 1. The zero-order chi connectivity index (χ0) is 19.3. The van der Waals surface area contributed by atoms with Gasteiger partial charge in [0, 0.05) is 24.3 Å². The van der Waals surface area contributed by atoms with Crippen molar-refractivity contribution in [1.29, 1.82) is 0 Å². The molecule has 0 spiro atoms. The molecule has 1 aliphatic heterocycles. The molecule has 0 aliphatic carbocycles. The predicted molar refractivity (Wildman–Crippen MR) is 107 cm³/mol. The van der Waals surface area contributed by atoms with E-state index in [0.29, 0.717) is 12.2 Å². The molecule has 5 heteroatoms. The molecule has 0 radical (unpaired) electrons. The Hall–Kier alpha value is -2.14. The number of hydrogen-bond donors (Lipinski definition) is 2. The Morgan fingerprint density at radius 3 is 2.78 bits per heavy atom. The van der Waals surface area contributed by atoms with E-state index in [1.807, 2.05) is 6.07 Å². The highest BCUT2D eigenvalue weighted by molar-refractivity contribution is 5.92. The summed E-state index contributed by atoms with van der Waals surface area (Å²) in [6.45, 7) is 7.79. The third kappa shape index (κ3) is 4.78. The summed E-state index contributed by atoms with van der Waals surface area (Å²) in [6, 6.07) is 12.5. The van der Waals surface area contributed by atoms with Crippen molar-refractivity contribution in [2.45, 2.75) is 63.9 Å². The molecule has 2 N–H and O–H groups in total. The molecule has 1 aromatic carbocycles. The van der Waals surface area contributed by atoms with Crippen LogP contribution < -0.4 is 5.32 Å². The van der Waals surface area contributed by atoms with E-state index in [9.17, 15) is 4.79 Å². The average Bonchev–Trinajstić information content (AvgIpc) is 3.11. The maximum atomic E-state index is 12.5. The molecule has 0 saturated carbocycles. The number of nitrogens with one attached hydrogen (secondary N) is 2. The average molecular weight is 370 g/mol. The first-order valence-corrected chi connectivity index (χ1v) is 9.96. The minimum atomic E-state index is -0.157. The monoisotopic (exact) mass is 369 g/mol. The third-order valence-corrected chi connectivity index (χ3v) is 5.50. The van der Waals surface area contributed by atoms with E-state index >= 15 is 0 Å². The summed E-state index contributed by atoms with van der Waals surface area (Å²) in [5, 5.41) is 10.1. The normalized spacial score (nSPS) is 21.7. The number of aryl methyl sites for hydroxylation is 1. The van der Waals surface area contributed by atoms with Crippen molar-refractivity contribution in [3.05, 3.63) is 53.3 Å². The second kappa shape index (κ2) is 8.26. The second-order valence-electron chi connectivity index (χ2n) is 8.22. The number of rotatable bonds is 7. The molecule has 0 bridgehead atoms. The van der Waals surface area contributed by atoms with Gasteiger partial charge >= 0.3 is 0 Å². The number of ether oxygens (including phenoxy) is 1. The fourth-order valence-corrected chi connectivity index (χ4v) is 4.25. The van der Waals surface area contributed by atoms with Gasteiger partial charge in [-0.05, 0) is 51.2 Å². The maximum Gasteiger partial charge on any atom is 0.271 e. The molecule has 1 unspecified atom stereocenters. The Balaban J connectivity index is 1.67. The number of carbonyl (C=O) groups excluding carboxylic acids is 1. The highest BCUT2D eigenvalue weighted by atomic mass is 16.5. The van der Waals surface area contributed by atoms with Gasteiger partial charge < -0.3 is 10.1 Å². The van der Waals surface area contributed by atoms with Crippen molar-refractivity contribution in [1.82, 2.24) is 15.5 Å². The van der Waals surface area contributed by atoms with E-state index in [1.165, 1.54) is 5.56 Å². The molecule has 146 valence electrons. The van der Waals surface area contributed by atoms with Crippen LogP contribution in [-0.2, 0) is 16.6 Å². The first kappa shape index (κ1) is 19.6. The number of H-pyrrole nitrogens is 1. The minimum absolute atomic E-state index is 0.0231. The highest BCUT2D eigenvalue weighted by Crippen LogP contribution is 2.43. The molecule has 1 atom stereocenters. The number of nitrogens with zero attached hydrogens (tertiary/aromatic N) is 1. The smallest absolute Gasteiger partial charge is 0.271 e. The fraction of sp³-hybridized carbons (Fsp3) is 0.545. The van der Waals surface area contributed by atoms with Crippen molar-refractivity contribution in [3.8, 4) is 0 Å². The summed E-state index contributed by atoms with van der Waals surface area (Å²) in [5.41, 5.74) is 2.68. The largest absolute Gasteiger partial charge is 0.376 e. The fourth-order valence-electron chi connectivity index (χ4n) is 4.25. The third-order valence-electron chi connectivity index (χ3n) is 5.50. The minimum Gasteiger partial charge on any atom is -0.376 e. The molecule has 2 heterocycles. The number of benzene rings is 1. The van der Waals surface area contributed by atoms with Crippen molar-refractivity contribution in [2.24, 2.45) is 0 Å². The summed E-state index contributed by atoms with van der Waals surface area (Å²) >= 11 is 0. The Morgan fingerprint density at radius 2 is 2.07 bits per heavy atom. The van der Waals surface area contributed by atoms with Gasteiger partial charge in [-0.2, -0.15) is 5.10 Å². The van der Waals surface area contributed by atoms with Crippen LogP contribution in [-0.4, -0.2) is 34.9 Å². The quantitative estimate of drug-likeness (QED) is 0.775. The Kier molecular flexibility index (Phi) is 6.00. The van der Waals surface area contributed by atoms with Gasteiger partial charge in [-0.1, -0.05) is 43.7 Å². The topological polar surface area (TPSA) is 67.0 Å². The molecule has 1 aliphatic rings. The van der Waals surface area contributed by atoms with Gasteiger partial charge in [0.1, 0.15) is 5.69 Å². The molecule has 1 aromatic heterocycles. The predicted octanol–water partition coefficient (Wildman–Crippen LogP) is 4.01. The van der Waals surface area contributed by atoms with E-state index < -0.39 is 0 Å². The summed E-state index contributed by atoms with van der Waals surface area (Å²) in [7, 11) is 0. The molecule has 2 aromatic rings. The van der Waals surface area contributed by atoms with Crippen LogP contribution in [0.2, 0.25) is 0 Å². The summed E-state index contributed by atoms with van der Waals surface area (Å²) in [5.74, 6) is -0.108. The SMILES string of the molecule is CCCc1cc(C(=O)NCCC2(c3ccccc3)CCOC(C)(C)C2)n[nH]1. The van der Waals surface area contributed by atoms with Gasteiger partial charge in [-0.15, -0.1) is 0 Å². The van der Waals surface area contributed by atoms with E-state index in [1.54, 1.807) is 0 Å². The van der Waals surface area contributed by atoms with Crippen LogP contribution in [0.5, 0.6) is 0 Å². The van der Waals surface area contributed by atoms with E-state index in [-0.39, 0.29) is 16.9 Å². The van der Waals surface area contributed by atoms with Gasteiger partial charge in [-0.3, -0.25) is 9.89 Å². The molecule has 1 saturated heterocycles. The molecular formula is C22H31N3O2. The zero-order valence-electron chi connectivity index (χ0n) is 16.7. The highest BCUT2D eigenvalue weighted by Gasteiger charge is 2.41. The van der Waals surface area contributed by atoms with Crippen LogP contribution in [0.3, 0.4) is 0 Å². The zero-order valence-corrected chi connectivity index (χ0v) is 16.7. The van der Waals surface area contributed by atoms with Gasteiger partial charge in [0.15, 0.2) is 0 Å². The number of aromatic nitrogens is 2. The van der Waals surface area contributed by atoms with E-state index in [2.05, 4.69) is 66.6 Å². The lowest BCUT2D eigenvalue weighted by atomic mass is 9.67. The summed E-state index contributed by atoms with van der Waals surface area (Å²) in [6.07, 6.45) is 4.75. The van der Waals surface area contributed by atoms with Crippen LogP contribution in [0.25, 0.3) is 0 Å². The van der Waals surface area contributed by atoms with Crippen LogP contribution in [0, 0.1) is 0 Å². The van der Waals surface area contributed by atoms with E-state index in [0.717, 1.165) is 44.4 Å². The standard InChI is InChI=1S/C22H31N3O2/c1-4-8-18-15-19(25-24-18)20(26)23-13-11-22(17-9-6-5-7-10-17)12-14-27-21(2,3)16-22/h5-7,9-10,15H,4,8,11-14,16H2,1-3H3,(H,23,26)(H,24,25). The van der Waals surface area contributed by atoms with Crippen LogP contribution in [0.15, 0.2) is 36.4 Å². The number of hydrogen-bond acceptors (Lipinski definition) is 3.